The van der Waals surface area contributed by atoms with E-state index in [9.17, 15) is 8.42 Å². The number of hydrogen-bond donors (Lipinski definition) is 2. The van der Waals surface area contributed by atoms with E-state index in [0.29, 0.717) is 23.9 Å². The van der Waals surface area contributed by atoms with Crippen LogP contribution < -0.4 is 10.6 Å². The summed E-state index contributed by atoms with van der Waals surface area (Å²) in [5.41, 5.74) is 2.08. The lowest BCUT2D eigenvalue weighted by Crippen LogP contribution is -2.37. The zero-order chi connectivity index (χ0) is 19.2. The zero-order valence-corrected chi connectivity index (χ0v) is 17.2. The van der Waals surface area contributed by atoms with Crippen LogP contribution in [-0.2, 0) is 22.8 Å². The average Bonchev–Trinajstić information content (AvgIpc) is 3.07. The van der Waals surface area contributed by atoms with Crippen molar-refractivity contribution in [3.8, 4) is 0 Å². The molecule has 2 N–H and O–H groups in total. The first-order valence-corrected chi connectivity index (χ1v) is 11.2. The van der Waals surface area contributed by atoms with Crippen LogP contribution in [0.25, 0.3) is 0 Å². The van der Waals surface area contributed by atoms with E-state index >= 15 is 0 Å². The maximum atomic E-state index is 11.5. The van der Waals surface area contributed by atoms with E-state index in [0.717, 1.165) is 28.6 Å². The minimum atomic E-state index is -3.14. The third-order valence-corrected chi connectivity index (χ3v) is 6.10. The Morgan fingerprint density at radius 2 is 1.92 bits per heavy atom. The number of rotatable bonds is 7. The Morgan fingerprint density at radius 3 is 2.46 bits per heavy atom. The topological polar surface area (TPSA) is 83.5 Å². The normalized spacial score (nSPS) is 12.4. The summed E-state index contributed by atoms with van der Waals surface area (Å²) in [5.74, 6) is 1.16. The summed E-state index contributed by atoms with van der Waals surface area (Å²) in [6.45, 7) is 5.61. The van der Waals surface area contributed by atoms with Crippen LogP contribution in [0.1, 0.15) is 36.0 Å². The van der Waals surface area contributed by atoms with Gasteiger partial charge in [0.25, 0.3) is 0 Å². The van der Waals surface area contributed by atoms with E-state index in [1.54, 1.807) is 30.5 Å². The van der Waals surface area contributed by atoms with Crippen molar-refractivity contribution >= 4 is 27.1 Å². The number of guanidine groups is 1. The molecule has 0 unspecified atom stereocenters. The number of aromatic nitrogens is 1. The number of benzene rings is 1. The van der Waals surface area contributed by atoms with E-state index in [-0.39, 0.29) is 0 Å². The average molecular weight is 395 g/mol. The molecule has 0 saturated heterocycles. The summed E-state index contributed by atoms with van der Waals surface area (Å²) in [4.78, 5) is 9.15. The molecule has 0 aliphatic carbocycles. The highest BCUT2D eigenvalue weighted by Gasteiger charge is 2.07. The van der Waals surface area contributed by atoms with Crippen LogP contribution in [0.2, 0.25) is 0 Å². The Kier molecular flexibility index (Phi) is 7.16. The summed E-state index contributed by atoms with van der Waals surface area (Å²) in [6, 6.07) is 6.98. The van der Waals surface area contributed by atoms with Crippen molar-refractivity contribution in [2.45, 2.75) is 37.6 Å². The summed E-state index contributed by atoms with van der Waals surface area (Å²) < 4.78 is 22.9. The maximum Gasteiger partial charge on any atom is 0.191 e. The van der Waals surface area contributed by atoms with Crippen molar-refractivity contribution in [3.05, 3.63) is 45.9 Å². The van der Waals surface area contributed by atoms with Gasteiger partial charge in [0.2, 0.25) is 0 Å². The summed E-state index contributed by atoms with van der Waals surface area (Å²) in [6.07, 6.45) is 1.99. The van der Waals surface area contributed by atoms with E-state index in [2.05, 4.69) is 39.8 Å². The van der Waals surface area contributed by atoms with Gasteiger partial charge in [-0.1, -0.05) is 26.0 Å². The Bertz CT molecular complexity index is 840. The monoisotopic (exact) mass is 394 g/mol. The number of thiazole rings is 1. The molecule has 142 valence electrons. The highest BCUT2D eigenvalue weighted by atomic mass is 32.2. The van der Waals surface area contributed by atoms with E-state index in [1.807, 2.05) is 12.1 Å². The number of nitrogens with one attached hydrogen (secondary N) is 2. The van der Waals surface area contributed by atoms with Gasteiger partial charge in [-0.15, -0.1) is 11.3 Å². The molecular weight excluding hydrogens is 368 g/mol. The Balaban J connectivity index is 1.79. The van der Waals surface area contributed by atoms with Crippen LogP contribution in [0, 0.1) is 0 Å². The van der Waals surface area contributed by atoms with Crippen LogP contribution in [0.5, 0.6) is 0 Å². The second-order valence-corrected chi connectivity index (χ2v) is 9.26. The number of aliphatic imine (C=N–C) groups is 1. The number of nitrogens with zero attached hydrogens (tertiary/aromatic N) is 2. The van der Waals surface area contributed by atoms with Gasteiger partial charge in [-0.25, -0.2) is 13.4 Å². The lowest BCUT2D eigenvalue weighted by atomic mass is 10.1. The molecule has 0 fully saturated rings. The summed E-state index contributed by atoms with van der Waals surface area (Å²) in [5, 5.41) is 9.73. The van der Waals surface area contributed by atoms with Gasteiger partial charge in [0.1, 0.15) is 0 Å². The van der Waals surface area contributed by atoms with Crippen LogP contribution in [-0.4, -0.2) is 39.2 Å². The Hall–Kier alpha value is -1.93. The molecule has 6 nitrogen and oxygen atoms in total. The Morgan fingerprint density at radius 1 is 1.23 bits per heavy atom. The molecule has 0 spiro atoms. The first-order chi connectivity index (χ1) is 12.3. The van der Waals surface area contributed by atoms with Crippen molar-refractivity contribution < 1.29 is 8.42 Å². The third kappa shape index (κ3) is 6.10. The second-order valence-electron chi connectivity index (χ2n) is 6.35. The first kappa shape index (κ1) is 20.4. The smallest absolute Gasteiger partial charge is 0.191 e. The summed E-state index contributed by atoms with van der Waals surface area (Å²) >= 11 is 1.68. The van der Waals surface area contributed by atoms with Crippen molar-refractivity contribution in [1.82, 2.24) is 15.6 Å². The number of sulfone groups is 1. The second kappa shape index (κ2) is 9.14. The fraction of sp³-hybridized carbons (Fsp3) is 0.444. The predicted octanol–water partition coefficient (Wildman–Crippen LogP) is 2.58. The lowest BCUT2D eigenvalue weighted by Gasteiger charge is -2.11. The van der Waals surface area contributed by atoms with Crippen LogP contribution >= 0.6 is 11.3 Å². The molecule has 0 aliphatic heterocycles. The fourth-order valence-electron chi connectivity index (χ4n) is 2.29. The van der Waals surface area contributed by atoms with E-state index in [4.69, 9.17) is 0 Å². The fourth-order valence-corrected chi connectivity index (χ4v) is 3.76. The minimum Gasteiger partial charge on any atom is -0.356 e. The molecule has 1 heterocycles. The van der Waals surface area contributed by atoms with Crippen molar-refractivity contribution in [3.63, 3.8) is 0 Å². The minimum absolute atomic E-state index is 0.343. The molecule has 0 atom stereocenters. The van der Waals surface area contributed by atoms with E-state index in [1.165, 1.54) is 6.26 Å². The standard InChI is InChI=1S/C18H26N4O2S2/c1-13(2)17-22-15(12-25-17)11-21-18(19-3)20-10-9-14-5-7-16(8-6-14)26(4,23)24/h5-8,12-13H,9-11H2,1-4H3,(H2,19,20,21). The van der Waals surface area contributed by atoms with Crippen molar-refractivity contribution in [2.75, 3.05) is 19.8 Å². The van der Waals surface area contributed by atoms with Gasteiger partial charge in [-0.05, 0) is 24.1 Å². The highest BCUT2D eigenvalue weighted by Crippen LogP contribution is 2.18. The summed E-state index contributed by atoms with van der Waals surface area (Å²) in [7, 11) is -1.41. The van der Waals surface area contributed by atoms with Gasteiger partial charge in [0.05, 0.1) is 22.1 Å². The van der Waals surface area contributed by atoms with Gasteiger partial charge >= 0.3 is 0 Å². The molecule has 8 heteroatoms. The molecule has 0 bridgehead atoms. The van der Waals surface area contributed by atoms with Gasteiger partial charge in [-0.3, -0.25) is 4.99 Å². The van der Waals surface area contributed by atoms with Crippen molar-refractivity contribution in [2.24, 2.45) is 4.99 Å². The van der Waals surface area contributed by atoms with Gasteiger partial charge < -0.3 is 10.6 Å². The van der Waals surface area contributed by atoms with Gasteiger partial charge in [0.15, 0.2) is 15.8 Å². The predicted molar refractivity (Wildman–Crippen MR) is 108 cm³/mol. The van der Waals surface area contributed by atoms with Crippen molar-refractivity contribution in [1.29, 1.82) is 0 Å². The Labute approximate surface area is 159 Å². The highest BCUT2D eigenvalue weighted by molar-refractivity contribution is 7.90. The molecule has 0 saturated carbocycles. The molecule has 2 rings (SSSR count). The molecule has 26 heavy (non-hydrogen) atoms. The molecule has 1 aromatic heterocycles. The molecule has 1 aromatic carbocycles. The van der Waals surface area contributed by atoms with Crippen LogP contribution in [0.3, 0.4) is 0 Å². The van der Waals surface area contributed by atoms with Gasteiger partial charge in [0, 0.05) is 31.1 Å². The molecule has 0 radical (unpaired) electrons. The first-order valence-electron chi connectivity index (χ1n) is 8.47. The molecule has 0 aliphatic rings. The molecule has 0 amide bonds. The molecule has 2 aromatic rings. The SMILES string of the molecule is CN=C(NCCc1ccc(S(C)(=O)=O)cc1)NCc1csc(C(C)C)n1. The lowest BCUT2D eigenvalue weighted by molar-refractivity contribution is 0.602. The largest absolute Gasteiger partial charge is 0.356 e. The maximum absolute atomic E-state index is 11.5. The van der Waals surface area contributed by atoms with Gasteiger partial charge in [-0.2, -0.15) is 0 Å². The zero-order valence-electron chi connectivity index (χ0n) is 15.6. The van der Waals surface area contributed by atoms with E-state index < -0.39 is 9.84 Å². The molecular formula is C18H26N4O2S2. The van der Waals surface area contributed by atoms with Crippen LogP contribution in [0.4, 0.5) is 0 Å². The van der Waals surface area contributed by atoms with Crippen LogP contribution in [0.15, 0.2) is 39.5 Å². The quantitative estimate of drug-likeness (QED) is 0.557. The number of hydrogen-bond acceptors (Lipinski definition) is 5. The third-order valence-electron chi connectivity index (χ3n) is 3.78.